The van der Waals surface area contributed by atoms with E-state index in [0.717, 1.165) is 0 Å². The molecule has 0 amide bonds. The molecule has 0 aliphatic rings. The van der Waals surface area contributed by atoms with E-state index in [9.17, 15) is 8.42 Å². The molecule has 0 aliphatic heterocycles. The van der Waals surface area contributed by atoms with E-state index in [-0.39, 0.29) is 10.9 Å². The lowest BCUT2D eigenvalue weighted by atomic mass is 10.2. The van der Waals surface area contributed by atoms with Gasteiger partial charge in [-0.05, 0) is 0 Å². The van der Waals surface area contributed by atoms with Crippen molar-refractivity contribution in [2.75, 3.05) is 0 Å². The summed E-state index contributed by atoms with van der Waals surface area (Å²) in [5.74, 6) is 0.886. The maximum atomic E-state index is 10.9. The Bertz CT molecular complexity index is 408. The second kappa shape index (κ2) is 3.31. The van der Waals surface area contributed by atoms with Crippen molar-refractivity contribution in [2.45, 2.75) is 24.8 Å². The molecule has 0 atom stereocenters. The van der Waals surface area contributed by atoms with E-state index >= 15 is 0 Å². The minimum Gasteiger partial charge on any atom is -0.336 e. The highest BCUT2D eigenvalue weighted by Gasteiger charge is 2.17. The van der Waals surface area contributed by atoms with Gasteiger partial charge in [-0.15, -0.1) is 0 Å². The average Bonchev–Trinajstić information content (AvgIpc) is 2.29. The van der Waals surface area contributed by atoms with E-state index in [1.54, 1.807) is 11.6 Å². The molecule has 0 spiro atoms. The molecule has 4 nitrogen and oxygen atoms in total. The highest BCUT2D eigenvalue weighted by Crippen LogP contribution is 2.18. The van der Waals surface area contributed by atoms with Crippen molar-refractivity contribution in [2.24, 2.45) is 7.05 Å². The number of halogens is 1. The van der Waals surface area contributed by atoms with Gasteiger partial charge in [-0.25, -0.2) is 13.4 Å². The van der Waals surface area contributed by atoms with Gasteiger partial charge >= 0.3 is 0 Å². The summed E-state index contributed by atoms with van der Waals surface area (Å²) >= 11 is 0. The Labute approximate surface area is 82.0 Å². The standard InChI is InChI=1S/C7H11ClN2O2S/c1-5(2)7-9-6(4-10(7)3)13(8,11)12/h4-5H,1-3H3. The molecule has 0 N–H and O–H groups in total. The van der Waals surface area contributed by atoms with Gasteiger partial charge in [-0.3, -0.25) is 0 Å². The van der Waals surface area contributed by atoms with Crippen LogP contribution >= 0.6 is 10.7 Å². The monoisotopic (exact) mass is 222 g/mol. The summed E-state index contributed by atoms with van der Waals surface area (Å²) in [4.78, 5) is 3.92. The predicted octanol–water partition coefficient (Wildman–Crippen LogP) is 1.47. The third kappa shape index (κ3) is 2.22. The molecule has 74 valence electrons. The van der Waals surface area contributed by atoms with Crippen LogP contribution in [0.25, 0.3) is 0 Å². The maximum absolute atomic E-state index is 10.9. The van der Waals surface area contributed by atoms with Crippen molar-refractivity contribution in [3.05, 3.63) is 12.0 Å². The van der Waals surface area contributed by atoms with E-state index in [1.165, 1.54) is 6.20 Å². The number of rotatable bonds is 2. The summed E-state index contributed by atoms with van der Waals surface area (Å²) in [6, 6.07) is 0. The molecule has 6 heteroatoms. The van der Waals surface area contributed by atoms with Crippen LogP contribution in [0.15, 0.2) is 11.2 Å². The van der Waals surface area contributed by atoms with Gasteiger partial charge in [0.1, 0.15) is 5.82 Å². The van der Waals surface area contributed by atoms with Crippen LogP contribution in [0.4, 0.5) is 0 Å². The minimum atomic E-state index is -3.70. The normalized spacial score (nSPS) is 12.4. The van der Waals surface area contributed by atoms with Crippen molar-refractivity contribution in [3.63, 3.8) is 0 Å². The molecule has 0 radical (unpaired) electrons. The fraction of sp³-hybridized carbons (Fsp3) is 0.571. The highest BCUT2D eigenvalue weighted by atomic mass is 35.7. The van der Waals surface area contributed by atoms with Crippen LogP contribution in [0.3, 0.4) is 0 Å². The van der Waals surface area contributed by atoms with Crippen molar-refractivity contribution >= 4 is 19.7 Å². The average molecular weight is 223 g/mol. The first-order valence-electron chi connectivity index (χ1n) is 3.80. The molecule has 1 aromatic heterocycles. The number of imidazole rings is 1. The van der Waals surface area contributed by atoms with Crippen molar-refractivity contribution in [1.29, 1.82) is 0 Å². The molecule has 0 bridgehead atoms. The first kappa shape index (κ1) is 10.5. The van der Waals surface area contributed by atoms with E-state index < -0.39 is 9.05 Å². The molecular formula is C7H11ClN2O2S. The van der Waals surface area contributed by atoms with E-state index in [1.807, 2.05) is 13.8 Å². The molecule has 13 heavy (non-hydrogen) atoms. The topological polar surface area (TPSA) is 52.0 Å². The first-order valence-corrected chi connectivity index (χ1v) is 6.11. The largest absolute Gasteiger partial charge is 0.336 e. The van der Waals surface area contributed by atoms with E-state index in [4.69, 9.17) is 10.7 Å². The Balaban J connectivity index is 3.25. The SMILES string of the molecule is CC(C)c1nc(S(=O)(=O)Cl)cn1C. The fourth-order valence-electron chi connectivity index (χ4n) is 1.11. The van der Waals surface area contributed by atoms with Crippen LogP contribution in [-0.4, -0.2) is 18.0 Å². The van der Waals surface area contributed by atoms with Gasteiger partial charge in [0, 0.05) is 29.8 Å². The molecule has 1 aromatic rings. The van der Waals surface area contributed by atoms with Gasteiger partial charge in [0.25, 0.3) is 9.05 Å². The van der Waals surface area contributed by atoms with Crippen LogP contribution in [0.2, 0.25) is 0 Å². The highest BCUT2D eigenvalue weighted by molar-refractivity contribution is 8.13. The maximum Gasteiger partial charge on any atom is 0.280 e. The van der Waals surface area contributed by atoms with Gasteiger partial charge in [-0.2, -0.15) is 0 Å². The molecule has 0 aliphatic carbocycles. The molecule has 1 rings (SSSR count). The van der Waals surface area contributed by atoms with Gasteiger partial charge in [0.2, 0.25) is 0 Å². The quantitative estimate of drug-likeness (QED) is 0.713. The lowest BCUT2D eigenvalue weighted by molar-refractivity contribution is 0.606. The summed E-state index contributed by atoms with van der Waals surface area (Å²) < 4.78 is 23.5. The Morgan fingerprint density at radius 1 is 1.54 bits per heavy atom. The molecule has 0 unspecified atom stereocenters. The zero-order valence-corrected chi connectivity index (χ0v) is 9.22. The molecule has 0 fully saturated rings. The van der Waals surface area contributed by atoms with Crippen LogP contribution < -0.4 is 0 Å². The minimum absolute atomic E-state index is 0.0830. The van der Waals surface area contributed by atoms with Crippen molar-refractivity contribution < 1.29 is 8.42 Å². The Kier molecular flexibility index (Phi) is 2.68. The fourth-order valence-corrected chi connectivity index (χ4v) is 1.82. The summed E-state index contributed by atoms with van der Waals surface area (Å²) in [6.07, 6.45) is 1.41. The van der Waals surface area contributed by atoms with Crippen molar-refractivity contribution in [1.82, 2.24) is 9.55 Å². The number of aromatic nitrogens is 2. The smallest absolute Gasteiger partial charge is 0.280 e. The third-order valence-electron chi connectivity index (χ3n) is 1.66. The lowest BCUT2D eigenvalue weighted by Gasteiger charge is -2.02. The van der Waals surface area contributed by atoms with Crippen LogP contribution in [-0.2, 0) is 16.1 Å². The van der Waals surface area contributed by atoms with Crippen LogP contribution in [0.5, 0.6) is 0 Å². The first-order chi connectivity index (χ1) is 5.82. The Morgan fingerprint density at radius 2 is 2.08 bits per heavy atom. The summed E-state index contributed by atoms with van der Waals surface area (Å²) in [7, 11) is 3.19. The second-order valence-corrected chi connectivity index (χ2v) is 5.65. The zero-order chi connectivity index (χ0) is 10.2. The molecule has 0 saturated heterocycles. The predicted molar refractivity (Wildman–Crippen MR) is 50.3 cm³/mol. The van der Waals surface area contributed by atoms with Gasteiger partial charge in [0.05, 0.1) is 0 Å². The molecular weight excluding hydrogens is 212 g/mol. The third-order valence-corrected chi connectivity index (χ3v) is 2.83. The second-order valence-electron chi connectivity index (χ2n) is 3.14. The van der Waals surface area contributed by atoms with E-state index in [2.05, 4.69) is 4.98 Å². The van der Waals surface area contributed by atoms with E-state index in [0.29, 0.717) is 5.82 Å². The van der Waals surface area contributed by atoms with Crippen LogP contribution in [0.1, 0.15) is 25.6 Å². The zero-order valence-electron chi connectivity index (χ0n) is 7.65. The number of nitrogens with zero attached hydrogens (tertiary/aromatic N) is 2. The van der Waals surface area contributed by atoms with Crippen molar-refractivity contribution in [3.8, 4) is 0 Å². The summed E-state index contributed by atoms with van der Waals surface area (Å²) in [5.41, 5.74) is 0. The van der Waals surface area contributed by atoms with Gasteiger partial charge in [0.15, 0.2) is 5.03 Å². The number of hydrogen-bond donors (Lipinski definition) is 0. The van der Waals surface area contributed by atoms with Gasteiger partial charge < -0.3 is 4.57 Å². The summed E-state index contributed by atoms with van der Waals surface area (Å²) in [6.45, 7) is 3.87. The van der Waals surface area contributed by atoms with Gasteiger partial charge in [-0.1, -0.05) is 13.8 Å². The molecule has 0 saturated carbocycles. The Morgan fingerprint density at radius 3 is 2.31 bits per heavy atom. The summed E-state index contributed by atoms with van der Waals surface area (Å²) in [5, 5.41) is -0.0830. The molecule has 1 heterocycles. The van der Waals surface area contributed by atoms with Crippen LogP contribution in [0, 0.1) is 0 Å². The lowest BCUT2D eigenvalue weighted by Crippen LogP contribution is -1.98. The molecule has 0 aromatic carbocycles. The number of hydrogen-bond acceptors (Lipinski definition) is 3. The number of aryl methyl sites for hydroxylation is 1. The Hall–Kier alpha value is -0.550.